The van der Waals surface area contributed by atoms with Gasteiger partial charge < -0.3 is 0 Å². The Morgan fingerprint density at radius 2 is 2.29 bits per heavy atom. The highest BCUT2D eigenvalue weighted by atomic mass is 35.5. The van der Waals surface area contributed by atoms with Crippen molar-refractivity contribution >= 4 is 40.1 Å². The fourth-order valence-corrected chi connectivity index (χ4v) is 3.38. The number of halogens is 1. The number of para-hydroxylation sites is 1. The molecule has 0 fully saturated rings. The van der Waals surface area contributed by atoms with Crippen molar-refractivity contribution in [2.45, 2.75) is 11.3 Å². The van der Waals surface area contributed by atoms with Gasteiger partial charge in [-0.1, -0.05) is 12.1 Å². The molecule has 2 heterocycles. The molecule has 1 unspecified atom stereocenters. The van der Waals surface area contributed by atoms with E-state index in [4.69, 9.17) is 11.6 Å². The van der Waals surface area contributed by atoms with Gasteiger partial charge >= 0.3 is 0 Å². The number of carbonyl (C=O) groups excluding carboxylic acids is 1. The first-order valence-corrected chi connectivity index (χ1v) is 6.87. The molecule has 0 radical (unpaired) electrons. The van der Waals surface area contributed by atoms with Gasteiger partial charge in [0, 0.05) is 10.8 Å². The number of fused-ring (bicyclic) bond motifs is 3. The van der Waals surface area contributed by atoms with Crippen molar-refractivity contribution in [3.05, 3.63) is 24.3 Å². The lowest BCUT2D eigenvalue weighted by Crippen LogP contribution is -2.42. The summed E-state index contributed by atoms with van der Waals surface area (Å²) in [4.78, 5) is 19.7. The summed E-state index contributed by atoms with van der Waals surface area (Å²) in [7, 11) is 0. The molecule has 1 amide bonds. The molecule has 0 aromatic heterocycles. The van der Waals surface area contributed by atoms with Gasteiger partial charge in [-0.2, -0.15) is 0 Å². The number of rotatable bonds is 2. The topological polar surface area (TPSA) is 32.7 Å². The lowest BCUT2D eigenvalue weighted by Gasteiger charge is -2.26. The number of hydrogen-bond acceptors (Lipinski definition) is 3. The first-order valence-electron chi connectivity index (χ1n) is 5.52. The van der Waals surface area contributed by atoms with Crippen molar-refractivity contribution < 1.29 is 4.79 Å². The first kappa shape index (κ1) is 11.1. The van der Waals surface area contributed by atoms with Gasteiger partial charge in [-0.15, -0.1) is 11.6 Å². The lowest BCUT2D eigenvalue weighted by atomic mass is 10.0. The van der Waals surface area contributed by atoms with Crippen molar-refractivity contribution in [3.63, 3.8) is 0 Å². The van der Waals surface area contributed by atoms with Crippen LogP contribution in [0.1, 0.15) is 6.42 Å². The molecule has 0 saturated heterocycles. The Kier molecular flexibility index (Phi) is 2.84. The van der Waals surface area contributed by atoms with Gasteiger partial charge in [0.05, 0.1) is 18.2 Å². The van der Waals surface area contributed by atoms with Crippen LogP contribution in [-0.4, -0.2) is 23.5 Å². The average Bonchev–Trinajstić information content (AvgIpc) is 2.72. The zero-order valence-electron chi connectivity index (χ0n) is 9.10. The predicted molar refractivity (Wildman–Crippen MR) is 70.9 cm³/mol. The zero-order valence-corrected chi connectivity index (χ0v) is 10.7. The number of hydrogen-bond donors (Lipinski definition) is 0. The summed E-state index contributed by atoms with van der Waals surface area (Å²) in [5.74, 6) is 0.570. The van der Waals surface area contributed by atoms with E-state index in [1.54, 1.807) is 16.7 Å². The summed E-state index contributed by atoms with van der Waals surface area (Å²) in [6.07, 6.45) is 0.695. The number of nitrogens with zero attached hydrogens (tertiary/aromatic N) is 2. The van der Waals surface area contributed by atoms with Crippen LogP contribution in [-0.2, 0) is 4.79 Å². The molecule has 2 aliphatic heterocycles. The summed E-state index contributed by atoms with van der Waals surface area (Å²) in [6, 6.07) is 7.91. The van der Waals surface area contributed by atoms with Gasteiger partial charge in [0.1, 0.15) is 0 Å². The predicted octanol–water partition coefficient (Wildman–Crippen LogP) is 2.74. The molecule has 0 N–H and O–H groups in total. The van der Waals surface area contributed by atoms with E-state index in [1.165, 1.54) is 0 Å². The van der Waals surface area contributed by atoms with E-state index in [9.17, 15) is 4.79 Å². The Labute approximate surface area is 109 Å². The Morgan fingerprint density at radius 1 is 1.47 bits per heavy atom. The quantitative estimate of drug-likeness (QED) is 0.771. The number of carbonyl (C=O) groups is 1. The van der Waals surface area contributed by atoms with E-state index in [0.29, 0.717) is 18.8 Å². The number of amidine groups is 1. The molecular weight excluding hydrogens is 256 g/mol. The minimum absolute atomic E-state index is 0.0667. The number of aliphatic imine (C=N–C) groups is 1. The molecule has 1 aromatic carbocycles. The highest BCUT2D eigenvalue weighted by Gasteiger charge is 2.38. The molecule has 1 aromatic rings. The monoisotopic (exact) mass is 266 g/mol. The highest BCUT2D eigenvalue weighted by molar-refractivity contribution is 8.14. The van der Waals surface area contributed by atoms with Crippen molar-refractivity contribution in [2.75, 3.05) is 17.3 Å². The van der Waals surface area contributed by atoms with Crippen molar-refractivity contribution in [3.8, 4) is 0 Å². The lowest BCUT2D eigenvalue weighted by molar-refractivity contribution is -0.121. The first-order chi connectivity index (χ1) is 8.31. The van der Waals surface area contributed by atoms with E-state index < -0.39 is 0 Å². The minimum atomic E-state index is -0.0667. The molecule has 0 spiro atoms. The third-order valence-corrected chi connectivity index (χ3v) is 4.25. The van der Waals surface area contributed by atoms with Crippen LogP contribution in [0.2, 0.25) is 0 Å². The smallest absolute Gasteiger partial charge is 0.238 e. The third-order valence-electron chi connectivity index (χ3n) is 2.97. The fourth-order valence-electron chi connectivity index (χ4n) is 2.09. The summed E-state index contributed by atoms with van der Waals surface area (Å²) < 4.78 is 0. The van der Waals surface area contributed by atoms with Crippen LogP contribution < -0.4 is 4.90 Å². The van der Waals surface area contributed by atoms with Crippen molar-refractivity contribution in [2.24, 2.45) is 10.9 Å². The normalized spacial score (nSPS) is 22.2. The molecule has 0 bridgehead atoms. The molecule has 2 aliphatic rings. The van der Waals surface area contributed by atoms with E-state index in [0.717, 1.165) is 15.8 Å². The maximum Gasteiger partial charge on any atom is 0.238 e. The van der Waals surface area contributed by atoms with Crippen molar-refractivity contribution in [1.82, 2.24) is 0 Å². The maximum absolute atomic E-state index is 12.3. The number of benzene rings is 1. The molecule has 0 aliphatic carbocycles. The maximum atomic E-state index is 12.3. The van der Waals surface area contributed by atoms with Crippen LogP contribution >= 0.6 is 23.4 Å². The van der Waals surface area contributed by atoms with Gasteiger partial charge in [-0.3, -0.25) is 14.7 Å². The molecule has 1 atom stereocenters. The van der Waals surface area contributed by atoms with E-state index in [1.807, 2.05) is 24.3 Å². The average molecular weight is 267 g/mol. The number of alkyl halides is 1. The molecule has 5 heteroatoms. The molecular formula is C12H11ClN2OS. The van der Waals surface area contributed by atoms with E-state index >= 15 is 0 Å². The Hall–Kier alpha value is -1.00. The SMILES string of the molecule is O=C1C(CCCl)CN=C2Sc3ccccc3N12. The Balaban J connectivity index is 1.99. The fraction of sp³-hybridized carbons (Fsp3) is 0.333. The minimum Gasteiger partial charge on any atom is -0.274 e. The Morgan fingerprint density at radius 3 is 3.12 bits per heavy atom. The van der Waals surface area contributed by atoms with Gasteiger partial charge in [-0.25, -0.2) is 0 Å². The second kappa shape index (κ2) is 4.35. The Bertz CT molecular complexity index is 503. The third kappa shape index (κ3) is 1.76. The standard InChI is InChI=1S/C12H11ClN2OS/c13-6-5-8-7-14-12-15(11(8)16)9-3-1-2-4-10(9)17-12/h1-4,8H,5-7H2. The summed E-state index contributed by atoms with van der Waals surface area (Å²) in [6.45, 7) is 0.568. The van der Waals surface area contributed by atoms with Gasteiger partial charge in [-0.05, 0) is 30.3 Å². The van der Waals surface area contributed by atoms with Gasteiger partial charge in [0.15, 0.2) is 5.17 Å². The molecule has 3 nitrogen and oxygen atoms in total. The molecule has 17 heavy (non-hydrogen) atoms. The van der Waals surface area contributed by atoms with Crippen LogP contribution in [0, 0.1) is 5.92 Å². The number of amides is 1. The van der Waals surface area contributed by atoms with Crippen LogP contribution in [0.3, 0.4) is 0 Å². The zero-order chi connectivity index (χ0) is 11.8. The summed E-state index contributed by atoms with van der Waals surface area (Å²) in [5, 5.41) is 0.807. The summed E-state index contributed by atoms with van der Waals surface area (Å²) in [5.41, 5.74) is 0.959. The number of thioether (sulfide) groups is 1. The van der Waals surface area contributed by atoms with Gasteiger partial charge in [0.25, 0.3) is 0 Å². The van der Waals surface area contributed by atoms with Crippen LogP contribution in [0.25, 0.3) is 0 Å². The van der Waals surface area contributed by atoms with E-state index in [-0.39, 0.29) is 11.8 Å². The molecule has 88 valence electrons. The van der Waals surface area contributed by atoms with E-state index in [2.05, 4.69) is 4.99 Å². The van der Waals surface area contributed by atoms with Crippen LogP contribution in [0.5, 0.6) is 0 Å². The highest BCUT2D eigenvalue weighted by Crippen LogP contribution is 2.42. The van der Waals surface area contributed by atoms with Crippen LogP contribution in [0.15, 0.2) is 34.2 Å². The second-order valence-electron chi connectivity index (χ2n) is 4.04. The number of anilines is 1. The molecule has 3 rings (SSSR count). The second-order valence-corrected chi connectivity index (χ2v) is 5.43. The van der Waals surface area contributed by atoms with Crippen LogP contribution in [0.4, 0.5) is 5.69 Å². The van der Waals surface area contributed by atoms with Gasteiger partial charge in [0.2, 0.25) is 5.91 Å². The van der Waals surface area contributed by atoms with Crippen molar-refractivity contribution in [1.29, 1.82) is 0 Å². The largest absolute Gasteiger partial charge is 0.274 e. The summed E-state index contributed by atoms with van der Waals surface area (Å²) >= 11 is 7.28. The molecule has 0 saturated carbocycles.